The van der Waals surface area contributed by atoms with Crippen LogP contribution in [0.15, 0.2) is 24.3 Å². The Kier molecular flexibility index (Phi) is 6.27. The van der Waals surface area contributed by atoms with E-state index in [0.717, 1.165) is 40.0 Å². The minimum atomic E-state index is -0.683. The van der Waals surface area contributed by atoms with Gasteiger partial charge in [-0.3, -0.25) is 4.79 Å². The number of rotatable bonds is 6. The van der Waals surface area contributed by atoms with Crippen LogP contribution in [0.2, 0.25) is 0 Å². The Balaban J connectivity index is 2.29. The lowest BCUT2D eigenvalue weighted by molar-refractivity contribution is -0.142. The fourth-order valence-corrected chi connectivity index (χ4v) is 3.07. The quantitative estimate of drug-likeness (QED) is 0.770. The van der Waals surface area contributed by atoms with E-state index >= 15 is 0 Å². The van der Waals surface area contributed by atoms with Gasteiger partial charge in [0, 0.05) is 0 Å². The van der Waals surface area contributed by atoms with Gasteiger partial charge in [0.1, 0.15) is 23.3 Å². The van der Waals surface area contributed by atoms with Gasteiger partial charge in [-0.15, -0.1) is 0 Å². The Morgan fingerprint density at radius 3 is 2.27 bits per heavy atom. The van der Waals surface area contributed by atoms with Crippen LogP contribution in [0.4, 0.5) is 0 Å². The Labute approximate surface area is 154 Å². The zero-order valence-corrected chi connectivity index (χ0v) is 16.1. The second-order valence-electron chi connectivity index (χ2n) is 6.60. The summed E-state index contributed by atoms with van der Waals surface area (Å²) >= 11 is 0. The summed E-state index contributed by atoms with van der Waals surface area (Å²) < 4.78 is 10.8. The molecule has 0 saturated heterocycles. The molecule has 2 rings (SSSR count). The van der Waals surface area contributed by atoms with Crippen molar-refractivity contribution in [1.82, 2.24) is 0 Å². The number of phenols is 1. The Bertz CT molecular complexity index is 791. The van der Waals surface area contributed by atoms with E-state index in [1.807, 2.05) is 52.0 Å². The molecule has 2 aromatic carbocycles. The summed E-state index contributed by atoms with van der Waals surface area (Å²) in [6, 6.07) is 6.95. The number of hydrogen-bond donors (Lipinski definition) is 2. The lowest BCUT2D eigenvalue weighted by Gasteiger charge is -2.17. The fraction of sp³-hybridized carbons (Fsp3) is 0.381. The highest BCUT2D eigenvalue weighted by molar-refractivity contribution is 5.75. The van der Waals surface area contributed by atoms with Gasteiger partial charge in [-0.1, -0.05) is 19.1 Å². The number of carbonyl (C=O) groups excluding carboxylic acids is 1. The number of hydrogen-bond acceptors (Lipinski definition) is 5. The third kappa shape index (κ3) is 4.35. The third-order valence-electron chi connectivity index (χ3n) is 4.43. The van der Waals surface area contributed by atoms with E-state index in [0.29, 0.717) is 17.9 Å². The Morgan fingerprint density at radius 1 is 1.12 bits per heavy atom. The van der Waals surface area contributed by atoms with Crippen LogP contribution >= 0.6 is 0 Å². The molecule has 0 aliphatic heterocycles. The molecular weight excluding hydrogens is 330 g/mol. The van der Waals surface area contributed by atoms with Gasteiger partial charge < -0.3 is 20.3 Å². The van der Waals surface area contributed by atoms with Crippen molar-refractivity contribution in [3.8, 4) is 17.2 Å². The summed E-state index contributed by atoms with van der Waals surface area (Å²) in [4.78, 5) is 11.5. The van der Waals surface area contributed by atoms with Crippen molar-refractivity contribution in [3.63, 3.8) is 0 Å². The lowest BCUT2D eigenvalue weighted by Crippen LogP contribution is -2.33. The second-order valence-corrected chi connectivity index (χ2v) is 6.60. The first kappa shape index (κ1) is 19.8. The molecule has 5 heteroatoms. The SMILES string of the molecule is CCc1cc(Oc2c(C)cc(CC(N)C(=O)OC)cc2C)cc(C)c1O. The summed E-state index contributed by atoms with van der Waals surface area (Å²) in [6.45, 7) is 7.78. The van der Waals surface area contributed by atoms with Crippen LogP contribution in [-0.2, 0) is 22.4 Å². The van der Waals surface area contributed by atoms with E-state index in [4.69, 9.17) is 10.5 Å². The molecule has 1 unspecified atom stereocenters. The van der Waals surface area contributed by atoms with E-state index in [-0.39, 0.29) is 0 Å². The summed E-state index contributed by atoms with van der Waals surface area (Å²) in [5.74, 6) is 1.36. The van der Waals surface area contributed by atoms with Crippen molar-refractivity contribution in [2.45, 2.75) is 46.6 Å². The van der Waals surface area contributed by atoms with Gasteiger partial charge >= 0.3 is 5.97 Å². The molecule has 5 nitrogen and oxygen atoms in total. The van der Waals surface area contributed by atoms with Gasteiger partial charge in [0.2, 0.25) is 0 Å². The smallest absolute Gasteiger partial charge is 0.322 e. The number of nitrogens with two attached hydrogens (primary N) is 1. The van der Waals surface area contributed by atoms with Gasteiger partial charge in [-0.25, -0.2) is 0 Å². The van der Waals surface area contributed by atoms with Crippen molar-refractivity contribution in [3.05, 3.63) is 52.1 Å². The van der Waals surface area contributed by atoms with E-state index < -0.39 is 12.0 Å². The van der Waals surface area contributed by atoms with E-state index in [1.165, 1.54) is 7.11 Å². The highest BCUT2D eigenvalue weighted by atomic mass is 16.5. The van der Waals surface area contributed by atoms with Crippen LogP contribution < -0.4 is 10.5 Å². The first-order valence-electron chi connectivity index (χ1n) is 8.70. The highest BCUT2D eigenvalue weighted by Gasteiger charge is 2.16. The molecule has 0 saturated carbocycles. The molecule has 0 aliphatic carbocycles. The van der Waals surface area contributed by atoms with Crippen LogP contribution in [0.1, 0.15) is 34.7 Å². The largest absolute Gasteiger partial charge is 0.507 e. The van der Waals surface area contributed by atoms with E-state index in [1.54, 1.807) is 0 Å². The van der Waals surface area contributed by atoms with E-state index in [9.17, 15) is 9.90 Å². The minimum Gasteiger partial charge on any atom is -0.507 e. The zero-order valence-electron chi connectivity index (χ0n) is 16.1. The number of carbonyl (C=O) groups is 1. The first-order chi connectivity index (χ1) is 12.3. The van der Waals surface area contributed by atoms with Gasteiger partial charge in [0.25, 0.3) is 0 Å². The number of phenolic OH excluding ortho intramolecular Hbond substituents is 1. The summed E-state index contributed by atoms with van der Waals surface area (Å²) in [6.07, 6.45) is 1.14. The summed E-state index contributed by atoms with van der Waals surface area (Å²) in [5, 5.41) is 10.1. The van der Waals surface area contributed by atoms with Crippen molar-refractivity contribution >= 4 is 5.97 Å². The highest BCUT2D eigenvalue weighted by Crippen LogP contribution is 2.34. The van der Waals surface area contributed by atoms with E-state index in [2.05, 4.69) is 4.74 Å². The predicted octanol–water partition coefficient (Wildman–Crippen LogP) is 3.71. The number of ether oxygens (including phenoxy) is 2. The van der Waals surface area contributed by atoms with Crippen LogP contribution in [0.3, 0.4) is 0 Å². The van der Waals surface area contributed by atoms with Crippen LogP contribution in [0, 0.1) is 20.8 Å². The third-order valence-corrected chi connectivity index (χ3v) is 4.43. The van der Waals surface area contributed by atoms with Crippen LogP contribution in [0.5, 0.6) is 17.2 Å². The molecule has 0 radical (unpaired) electrons. The zero-order chi connectivity index (χ0) is 19.4. The molecular formula is C21H27NO4. The molecule has 0 amide bonds. The molecule has 3 N–H and O–H groups in total. The first-order valence-corrected chi connectivity index (χ1v) is 8.70. The molecule has 0 aromatic heterocycles. The number of aromatic hydroxyl groups is 1. The van der Waals surface area contributed by atoms with Crippen molar-refractivity contribution in [2.24, 2.45) is 5.73 Å². The molecule has 0 aliphatic rings. The normalized spacial score (nSPS) is 11.9. The van der Waals surface area contributed by atoms with Crippen molar-refractivity contribution < 1.29 is 19.4 Å². The number of esters is 1. The van der Waals surface area contributed by atoms with Gasteiger partial charge in [-0.05, 0) is 73.6 Å². The summed E-state index contributed by atoms with van der Waals surface area (Å²) in [5.41, 5.74) is 10.4. The molecule has 140 valence electrons. The number of aryl methyl sites for hydroxylation is 4. The molecule has 2 aromatic rings. The maximum Gasteiger partial charge on any atom is 0.322 e. The molecule has 26 heavy (non-hydrogen) atoms. The van der Waals surface area contributed by atoms with Crippen LogP contribution in [0.25, 0.3) is 0 Å². The predicted molar refractivity (Wildman–Crippen MR) is 102 cm³/mol. The lowest BCUT2D eigenvalue weighted by atomic mass is 10.0. The van der Waals surface area contributed by atoms with Crippen LogP contribution in [-0.4, -0.2) is 24.2 Å². The number of benzene rings is 2. The molecule has 0 bridgehead atoms. The average Bonchev–Trinajstić information content (AvgIpc) is 2.60. The summed E-state index contributed by atoms with van der Waals surface area (Å²) in [7, 11) is 1.33. The second kappa shape index (κ2) is 8.23. The van der Waals surface area contributed by atoms with Gasteiger partial charge in [0.05, 0.1) is 7.11 Å². The minimum absolute atomic E-state index is 0.320. The molecule has 1 atom stereocenters. The topological polar surface area (TPSA) is 81.8 Å². The maximum atomic E-state index is 11.5. The standard InChI is InChI=1S/C21H27NO4/c1-6-16-11-17(9-12(2)19(16)23)26-20-13(3)7-15(8-14(20)4)10-18(22)21(24)25-5/h7-9,11,18,23H,6,10,22H2,1-5H3. The Hall–Kier alpha value is -2.53. The van der Waals surface area contributed by atoms with Crippen molar-refractivity contribution in [1.29, 1.82) is 0 Å². The monoisotopic (exact) mass is 357 g/mol. The van der Waals surface area contributed by atoms with Gasteiger partial charge in [0.15, 0.2) is 0 Å². The number of methoxy groups -OCH3 is 1. The molecule has 0 heterocycles. The van der Waals surface area contributed by atoms with Gasteiger partial charge in [-0.2, -0.15) is 0 Å². The molecule has 0 spiro atoms. The fourth-order valence-electron chi connectivity index (χ4n) is 3.07. The molecule has 0 fully saturated rings. The average molecular weight is 357 g/mol. The maximum absolute atomic E-state index is 11.5. The van der Waals surface area contributed by atoms with Crippen molar-refractivity contribution in [2.75, 3.05) is 7.11 Å². The Morgan fingerprint density at radius 2 is 1.73 bits per heavy atom.